The van der Waals surface area contributed by atoms with Crippen molar-refractivity contribution >= 4 is 23.2 Å². The van der Waals surface area contributed by atoms with Crippen LogP contribution in [0.3, 0.4) is 0 Å². The van der Waals surface area contributed by atoms with Crippen molar-refractivity contribution in [2.75, 3.05) is 17.3 Å². The highest BCUT2D eigenvalue weighted by Gasteiger charge is 2.16. The fourth-order valence-electron chi connectivity index (χ4n) is 2.76. The third kappa shape index (κ3) is 4.50. The van der Waals surface area contributed by atoms with Crippen LogP contribution in [0, 0.1) is 6.92 Å². The summed E-state index contributed by atoms with van der Waals surface area (Å²) < 4.78 is 0. The van der Waals surface area contributed by atoms with Crippen molar-refractivity contribution < 1.29 is 4.79 Å². The molecule has 0 atom stereocenters. The lowest BCUT2D eigenvalue weighted by molar-refractivity contribution is 0.0988. The topological polar surface area (TPSA) is 58.1 Å². The van der Waals surface area contributed by atoms with Gasteiger partial charge < -0.3 is 10.2 Å². The average Bonchev–Trinajstić information content (AvgIpc) is 2.67. The lowest BCUT2D eigenvalue weighted by Gasteiger charge is -2.17. The number of nitrogens with one attached hydrogen (secondary N) is 1. The predicted molar refractivity (Wildman–Crippen MR) is 110 cm³/mol. The van der Waals surface area contributed by atoms with Crippen LogP contribution in [0.2, 0.25) is 0 Å². The van der Waals surface area contributed by atoms with Crippen molar-refractivity contribution in [1.82, 2.24) is 9.97 Å². The van der Waals surface area contributed by atoms with Crippen molar-refractivity contribution in [3.05, 3.63) is 77.6 Å². The molecule has 1 heterocycles. The van der Waals surface area contributed by atoms with Gasteiger partial charge in [0.05, 0.1) is 0 Å². The Labute approximate surface area is 160 Å². The van der Waals surface area contributed by atoms with Gasteiger partial charge in [0, 0.05) is 24.1 Å². The van der Waals surface area contributed by atoms with E-state index in [0.717, 1.165) is 17.1 Å². The Morgan fingerprint density at radius 3 is 2.30 bits per heavy atom. The van der Waals surface area contributed by atoms with Crippen LogP contribution in [0.4, 0.5) is 17.3 Å². The quantitative estimate of drug-likeness (QED) is 0.701. The van der Waals surface area contributed by atoms with E-state index >= 15 is 0 Å². The SMILES string of the molecule is Cc1cc(C(=O)N(C)c2ccccc2)nc(Nc2ccc(C(C)C)cc2)n1. The van der Waals surface area contributed by atoms with Gasteiger partial charge in [-0.15, -0.1) is 0 Å². The van der Waals surface area contributed by atoms with Crippen LogP contribution in [-0.2, 0) is 0 Å². The highest BCUT2D eigenvalue weighted by molar-refractivity contribution is 6.04. The molecule has 0 aliphatic rings. The minimum Gasteiger partial charge on any atom is -0.324 e. The molecule has 0 spiro atoms. The molecule has 1 amide bonds. The number of nitrogens with zero attached hydrogens (tertiary/aromatic N) is 3. The minimum atomic E-state index is -0.176. The molecule has 0 saturated heterocycles. The van der Waals surface area contributed by atoms with Gasteiger partial charge in [-0.3, -0.25) is 4.79 Å². The maximum Gasteiger partial charge on any atom is 0.276 e. The number of carbonyl (C=O) groups excluding carboxylic acids is 1. The molecule has 0 aliphatic heterocycles. The molecule has 27 heavy (non-hydrogen) atoms. The largest absolute Gasteiger partial charge is 0.324 e. The Morgan fingerprint density at radius 2 is 1.67 bits per heavy atom. The number of carbonyl (C=O) groups is 1. The molecule has 1 N–H and O–H groups in total. The zero-order chi connectivity index (χ0) is 19.4. The van der Waals surface area contributed by atoms with E-state index in [4.69, 9.17) is 0 Å². The molecule has 3 rings (SSSR count). The molecule has 138 valence electrons. The summed E-state index contributed by atoms with van der Waals surface area (Å²) in [6.07, 6.45) is 0. The summed E-state index contributed by atoms with van der Waals surface area (Å²) in [5, 5.41) is 3.19. The fourth-order valence-corrected chi connectivity index (χ4v) is 2.76. The molecule has 1 aromatic heterocycles. The van der Waals surface area contributed by atoms with Gasteiger partial charge in [0.1, 0.15) is 5.69 Å². The Hall–Kier alpha value is -3.21. The smallest absolute Gasteiger partial charge is 0.276 e. The second-order valence-corrected chi connectivity index (χ2v) is 6.82. The molecule has 0 bridgehead atoms. The van der Waals surface area contributed by atoms with E-state index in [9.17, 15) is 4.79 Å². The third-order valence-corrected chi connectivity index (χ3v) is 4.35. The summed E-state index contributed by atoms with van der Waals surface area (Å²) in [4.78, 5) is 23.2. The molecule has 5 nitrogen and oxygen atoms in total. The number of para-hydroxylation sites is 1. The first-order chi connectivity index (χ1) is 12.9. The summed E-state index contributed by atoms with van der Waals surface area (Å²) in [5.41, 5.74) is 4.06. The summed E-state index contributed by atoms with van der Waals surface area (Å²) in [5.74, 6) is 0.717. The summed E-state index contributed by atoms with van der Waals surface area (Å²) >= 11 is 0. The van der Waals surface area contributed by atoms with E-state index in [1.165, 1.54) is 5.56 Å². The second kappa shape index (κ2) is 7.99. The van der Waals surface area contributed by atoms with Crippen LogP contribution in [0.1, 0.15) is 41.5 Å². The van der Waals surface area contributed by atoms with Gasteiger partial charge in [0.2, 0.25) is 5.95 Å². The van der Waals surface area contributed by atoms with Crippen molar-refractivity contribution in [3.63, 3.8) is 0 Å². The number of hydrogen-bond donors (Lipinski definition) is 1. The number of hydrogen-bond acceptors (Lipinski definition) is 4. The first-order valence-electron chi connectivity index (χ1n) is 9.00. The standard InChI is InChI=1S/C22H24N4O/c1-15(2)17-10-12-18(13-11-17)24-22-23-16(3)14-20(25-22)21(27)26(4)19-8-6-5-7-9-19/h5-15H,1-4H3,(H,23,24,25). The molecular weight excluding hydrogens is 336 g/mol. The van der Waals surface area contributed by atoms with Crippen molar-refractivity contribution in [1.29, 1.82) is 0 Å². The van der Waals surface area contributed by atoms with Crippen LogP contribution in [0.25, 0.3) is 0 Å². The van der Waals surface area contributed by atoms with Gasteiger partial charge in [-0.1, -0.05) is 44.2 Å². The first kappa shape index (κ1) is 18.6. The monoisotopic (exact) mass is 360 g/mol. The molecule has 5 heteroatoms. The predicted octanol–water partition coefficient (Wildman–Crippen LogP) is 4.93. The van der Waals surface area contributed by atoms with Crippen LogP contribution < -0.4 is 10.2 Å². The number of aryl methyl sites for hydroxylation is 1. The highest BCUT2D eigenvalue weighted by atomic mass is 16.2. The number of anilines is 3. The van der Waals surface area contributed by atoms with Gasteiger partial charge in [0.15, 0.2) is 0 Å². The molecular formula is C22H24N4O. The van der Waals surface area contributed by atoms with E-state index in [2.05, 4.69) is 41.3 Å². The zero-order valence-corrected chi connectivity index (χ0v) is 16.1. The van der Waals surface area contributed by atoms with Gasteiger partial charge in [-0.2, -0.15) is 0 Å². The molecule has 0 saturated carbocycles. The Morgan fingerprint density at radius 1 is 1.00 bits per heavy atom. The van der Waals surface area contributed by atoms with Gasteiger partial charge in [-0.05, 0) is 48.7 Å². The number of rotatable bonds is 5. The maximum absolute atomic E-state index is 12.8. The average molecular weight is 360 g/mol. The van der Waals surface area contributed by atoms with Crippen molar-refractivity contribution in [2.24, 2.45) is 0 Å². The summed E-state index contributed by atoms with van der Waals surface area (Å²) in [6, 6.07) is 19.4. The van der Waals surface area contributed by atoms with E-state index in [1.54, 1.807) is 18.0 Å². The van der Waals surface area contributed by atoms with Gasteiger partial charge in [0.25, 0.3) is 5.91 Å². The zero-order valence-electron chi connectivity index (χ0n) is 16.1. The Balaban J connectivity index is 1.82. The van der Waals surface area contributed by atoms with Crippen LogP contribution >= 0.6 is 0 Å². The molecule has 0 fully saturated rings. The normalized spacial score (nSPS) is 10.7. The van der Waals surface area contributed by atoms with Crippen LogP contribution in [-0.4, -0.2) is 22.9 Å². The van der Waals surface area contributed by atoms with E-state index in [-0.39, 0.29) is 5.91 Å². The summed E-state index contributed by atoms with van der Waals surface area (Å²) in [6.45, 7) is 6.18. The minimum absolute atomic E-state index is 0.176. The van der Waals surface area contributed by atoms with Crippen molar-refractivity contribution in [2.45, 2.75) is 26.7 Å². The van der Waals surface area contributed by atoms with Gasteiger partial charge in [-0.25, -0.2) is 9.97 Å². The number of amides is 1. The fraction of sp³-hybridized carbons (Fsp3) is 0.227. The summed E-state index contributed by atoms with van der Waals surface area (Å²) in [7, 11) is 1.74. The van der Waals surface area contributed by atoms with Crippen LogP contribution in [0.15, 0.2) is 60.7 Å². The Kier molecular flexibility index (Phi) is 5.50. The molecule has 2 aromatic carbocycles. The molecule has 0 radical (unpaired) electrons. The van der Waals surface area contributed by atoms with Gasteiger partial charge >= 0.3 is 0 Å². The van der Waals surface area contributed by atoms with E-state index < -0.39 is 0 Å². The van der Waals surface area contributed by atoms with Crippen molar-refractivity contribution in [3.8, 4) is 0 Å². The highest BCUT2D eigenvalue weighted by Crippen LogP contribution is 2.20. The molecule has 0 unspecified atom stereocenters. The second-order valence-electron chi connectivity index (χ2n) is 6.82. The Bertz CT molecular complexity index is 921. The molecule has 3 aromatic rings. The first-order valence-corrected chi connectivity index (χ1v) is 9.00. The number of aromatic nitrogens is 2. The third-order valence-electron chi connectivity index (χ3n) is 4.35. The number of benzene rings is 2. The molecule has 0 aliphatic carbocycles. The lowest BCUT2D eigenvalue weighted by Crippen LogP contribution is -2.27. The van der Waals surface area contributed by atoms with E-state index in [1.807, 2.05) is 49.4 Å². The van der Waals surface area contributed by atoms with E-state index in [0.29, 0.717) is 17.6 Å². The maximum atomic E-state index is 12.8. The lowest BCUT2D eigenvalue weighted by atomic mass is 10.0. The van der Waals surface area contributed by atoms with Crippen LogP contribution in [0.5, 0.6) is 0 Å².